The molecule has 0 bridgehead atoms. The van der Waals surface area contributed by atoms with Crippen LogP contribution in [0, 0.1) is 0 Å². The van der Waals surface area contributed by atoms with E-state index in [1.165, 1.54) is 36.0 Å². The van der Waals surface area contributed by atoms with Gasteiger partial charge in [0.05, 0.1) is 11.3 Å². The Bertz CT molecular complexity index is 963. The van der Waals surface area contributed by atoms with E-state index in [1.807, 2.05) is 30.3 Å². The van der Waals surface area contributed by atoms with Crippen LogP contribution in [0.3, 0.4) is 0 Å². The number of aromatic carboxylic acids is 1. The Morgan fingerprint density at radius 2 is 1.77 bits per heavy atom. The average Bonchev–Trinajstić information content (AvgIpc) is 3.03. The molecule has 8 nitrogen and oxygen atoms in total. The molecule has 1 aliphatic rings. The maximum Gasteiger partial charge on any atom is 0.335 e. The van der Waals surface area contributed by atoms with Gasteiger partial charge in [0.15, 0.2) is 5.17 Å². The molecule has 2 aromatic rings. The molecule has 1 heterocycles. The Kier molecular flexibility index (Phi) is 7.80. The largest absolute Gasteiger partial charge is 0.478 e. The van der Waals surface area contributed by atoms with Crippen LogP contribution < -0.4 is 5.32 Å². The number of carboxylic acid groups (broad SMARTS) is 1. The number of benzene rings is 2. The van der Waals surface area contributed by atoms with Crippen molar-refractivity contribution in [2.24, 2.45) is 4.99 Å². The van der Waals surface area contributed by atoms with Crippen LogP contribution in [-0.2, 0) is 9.59 Å². The van der Waals surface area contributed by atoms with Crippen molar-refractivity contribution in [3.05, 3.63) is 60.2 Å². The van der Waals surface area contributed by atoms with Crippen molar-refractivity contribution >= 4 is 46.1 Å². The van der Waals surface area contributed by atoms with E-state index in [9.17, 15) is 14.4 Å². The summed E-state index contributed by atoms with van der Waals surface area (Å²) < 4.78 is 0. The Hall–Kier alpha value is -3.17. The number of hydrogen-bond acceptors (Lipinski definition) is 6. The van der Waals surface area contributed by atoms with Gasteiger partial charge in [-0.15, -0.1) is 0 Å². The van der Waals surface area contributed by atoms with Gasteiger partial charge in [-0.3, -0.25) is 14.5 Å². The number of aliphatic hydroxyl groups excluding tert-OH is 1. The molecule has 1 fully saturated rings. The van der Waals surface area contributed by atoms with Gasteiger partial charge in [0.2, 0.25) is 11.8 Å². The molecular weight excluding hydrogens is 418 g/mol. The second-order valence-electron chi connectivity index (χ2n) is 6.89. The van der Waals surface area contributed by atoms with Crippen LogP contribution in [0.1, 0.15) is 29.6 Å². The molecule has 0 unspecified atom stereocenters. The lowest BCUT2D eigenvalue weighted by molar-refractivity contribution is -0.128. The summed E-state index contributed by atoms with van der Waals surface area (Å²) in [5, 5.41) is 20.6. The molecular formula is C22H23N3O5S. The molecule has 1 saturated heterocycles. The number of nitrogens with one attached hydrogen (secondary N) is 1. The SMILES string of the molecule is O=C(C[C@H]1SC(=Nc2ccccc2)N(CCCCO)C1=O)Nc1ccc(C(=O)O)cc1. The highest BCUT2D eigenvalue weighted by Gasteiger charge is 2.38. The third-order valence-electron chi connectivity index (χ3n) is 4.58. The number of rotatable bonds is 9. The third kappa shape index (κ3) is 6.16. The summed E-state index contributed by atoms with van der Waals surface area (Å²) >= 11 is 1.25. The van der Waals surface area contributed by atoms with Gasteiger partial charge in [0, 0.05) is 25.3 Å². The molecule has 3 N–H and O–H groups in total. The molecule has 0 aromatic heterocycles. The molecule has 0 aliphatic carbocycles. The van der Waals surface area contributed by atoms with Crippen molar-refractivity contribution in [3.63, 3.8) is 0 Å². The molecule has 2 aromatic carbocycles. The number of hydrogen-bond donors (Lipinski definition) is 3. The van der Waals surface area contributed by atoms with Crippen LogP contribution in [-0.4, -0.2) is 56.5 Å². The van der Waals surface area contributed by atoms with Crippen molar-refractivity contribution < 1.29 is 24.6 Å². The molecule has 0 saturated carbocycles. The van der Waals surface area contributed by atoms with Gasteiger partial charge in [0.25, 0.3) is 0 Å². The Morgan fingerprint density at radius 1 is 1.06 bits per heavy atom. The summed E-state index contributed by atoms with van der Waals surface area (Å²) in [5.74, 6) is -1.57. The number of anilines is 1. The number of unbranched alkanes of at least 4 members (excludes halogenated alkanes) is 1. The highest BCUT2D eigenvalue weighted by atomic mass is 32.2. The molecule has 162 valence electrons. The molecule has 1 atom stereocenters. The number of aliphatic hydroxyl groups is 1. The van der Waals surface area contributed by atoms with Gasteiger partial charge in [-0.25, -0.2) is 9.79 Å². The number of amidine groups is 1. The number of thioether (sulfide) groups is 1. The predicted molar refractivity (Wildman–Crippen MR) is 120 cm³/mol. The molecule has 0 spiro atoms. The first-order chi connectivity index (χ1) is 15.0. The van der Waals surface area contributed by atoms with Crippen LogP contribution in [0.2, 0.25) is 0 Å². The topological polar surface area (TPSA) is 119 Å². The smallest absolute Gasteiger partial charge is 0.335 e. The maximum absolute atomic E-state index is 12.9. The first kappa shape index (κ1) is 22.5. The van der Waals surface area contributed by atoms with Gasteiger partial charge in [-0.2, -0.15) is 0 Å². The quantitative estimate of drug-likeness (QED) is 0.515. The molecule has 0 radical (unpaired) electrons. The monoisotopic (exact) mass is 441 g/mol. The van der Waals surface area contributed by atoms with Crippen molar-refractivity contribution in [2.75, 3.05) is 18.5 Å². The zero-order valence-corrected chi connectivity index (χ0v) is 17.5. The van der Waals surface area contributed by atoms with E-state index in [2.05, 4.69) is 10.3 Å². The molecule has 1 aliphatic heterocycles. The van der Waals surface area contributed by atoms with Crippen molar-refractivity contribution in [1.29, 1.82) is 0 Å². The lowest BCUT2D eigenvalue weighted by Crippen LogP contribution is -2.34. The predicted octanol–water partition coefficient (Wildman–Crippen LogP) is 3.12. The summed E-state index contributed by atoms with van der Waals surface area (Å²) in [7, 11) is 0. The number of para-hydroxylation sites is 1. The summed E-state index contributed by atoms with van der Waals surface area (Å²) in [6.45, 7) is 0.472. The fourth-order valence-electron chi connectivity index (χ4n) is 3.00. The molecule has 2 amide bonds. The Morgan fingerprint density at radius 3 is 2.42 bits per heavy atom. The zero-order chi connectivity index (χ0) is 22.2. The van der Waals surface area contributed by atoms with E-state index in [0.29, 0.717) is 35.9 Å². The Labute approximate surface area is 184 Å². The fourth-order valence-corrected chi connectivity index (χ4v) is 4.19. The normalized spacial score (nSPS) is 17.2. The number of carboxylic acids is 1. The van der Waals surface area contributed by atoms with Crippen LogP contribution in [0.15, 0.2) is 59.6 Å². The van der Waals surface area contributed by atoms with Crippen LogP contribution in [0.4, 0.5) is 11.4 Å². The third-order valence-corrected chi connectivity index (χ3v) is 5.75. The van der Waals surface area contributed by atoms with Crippen molar-refractivity contribution in [3.8, 4) is 0 Å². The van der Waals surface area contributed by atoms with Gasteiger partial charge < -0.3 is 15.5 Å². The average molecular weight is 442 g/mol. The van der Waals surface area contributed by atoms with E-state index in [4.69, 9.17) is 10.2 Å². The van der Waals surface area contributed by atoms with Gasteiger partial charge in [-0.05, 0) is 49.2 Å². The number of carbonyl (C=O) groups excluding carboxylic acids is 2. The van der Waals surface area contributed by atoms with Gasteiger partial charge in [-0.1, -0.05) is 30.0 Å². The fraction of sp³-hybridized carbons (Fsp3) is 0.273. The van der Waals surface area contributed by atoms with Gasteiger partial charge >= 0.3 is 5.97 Å². The summed E-state index contributed by atoms with van der Waals surface area (Å²) in [5.41, 5.74) is 1.30. The second kappa shape index (κ2) is 10.7. The summed E-state index contributed by atoms with van der Waals surface area (Å²) in [6.07, 6.45) is 1.17. The minimum atomic E-state index is -1.04. The standard InChI is InChI=1S/C22H23N3O5S/c26-13-5-4-12-25-20(28)18(31-22(25)24-16-6-2-1-3-7-16)14-19(27)23-17-10-8-15(9-11-17)21(29)30/h1-3,6-11,18,26H,4-5,12-14H2,(H,23,27)(H,29,30)/t18-/m1/s1. The van der Waals surface area contributed by atoms with E-state index in [1.54, 1.807) is 4.90 Å². The van der Waals surface area contributed by atoms with Crippen LogP contribution >= 0.6 is 11.8 Å². The van der Waals surface area contributed by atoms with Crippen LogP contribution in [0.25, 0.3) is 0 Å². The number of aliphatic imine (C=N–C) groups is 1. The van der Waals surface area contributed by atoms with Crippen molar-refractivity contribution in [2.45, 2.75) is 24.5 Å². The summed E-state index contributed by atoms with van der Waals surface area (Å²) in [6, 6.07) is 15.1. The lowest BCUT2D eigenvalue weighted by Gasteiger charge is -2.16. The highest BCUT2D eigenvalue weighted by molar-refractivity contribution is 8.15. The molecule has 31 heavy (non-hydrogen) atoms. The minimum absolute atomic E-state index is 0.0332. The number of nitrogens with zero attached hydrogens (tertiary/aromatic N) is 2. The number of carbonyl (C=O) groups is 3. The van der Waals surface area contributed by atoms with Crippen molar-refractivity contribution in [1.82, 2.24) is 4.90 Å². The van der Waals surface area contributed by atoms with E-state index in [-0.39, 0.29) is 30.4 Å². The number of amides is 2. The second-order valence-corrected chi connectivity index (χ2v) is 8.06. The first-order valence-electron chi connectivity index (χ1n) is 9.84. The van der Waals surface area contributed by atoms with Crippen LogP contribution in [0.5, 0.6) is 0 Å². The van der Waals surface area contributed by atoms with E-state index < -0.39 is 11.2 Å². The lowest BCUT2D eigenvalue weighted by atomic mass is 10.2. The molecule has 3 rings (SSSR count). The highest BCUT2D eigenvalue weighted by Crippen LogP contribution is 2.32. The summed E-state index contributed by atoms with van der Waals surface area (Å²) in [4.78, 5) is 42.5. The van der Waals surface area contributed by atoms with Gasteiger partial charge in [0.1, 0.15) is 5.25 Å². The molecule has 9 heteroatoms. The minimum Gasteiger partial charge on any atom is -0.478 e. The van der Waals surface area contributed by atoms with E-state index in [0.717, 1.165) is 0 Å². The maximum atomic E-state index is 12.9. The van der Waals surface area contributed by atoms with E-state index >= 15 is 0 Å². The first-order valence-corrected chi connectivity index (χ1v) is 10.7. The Balaban J connectivity index is 1.68. The zero-order valence-electron chi connectivity index (χ0n) is 16.7.